The highest BCUT2D eigenvalue weighted by atomic mass is 16.4. The summed E-state index contributed by atoms with van der Waals surface area (Å²) in [6.07, 6.45) is 1.22. The van der Waals surface area contributed by atoms with Gasteiger partial charge < -0.3 is 10.4 Å². The number of carbonyl (C=O) groups is 2. The van der Waals surface area contributed by atoms with Gasteiger partial charge in [0.15, 0.2) is 5.69 Å². The summed E-state index contributed by atoms with van der Waals surface area (Å²) < 4.78 is 1.74. The second-order valence-electron chi connectivity index (χ2n) is 6.70. The van der Waals surface area contributed by atoms with Gasteiger partial charge in [-0.1, -0.05) is 6.07 Å². The molecule has 6 heteroatoms. The fraction of sp³-hybridized carbons (Fsp3) is 0.389. The van der Waals surface area contributed by atoms with E-state index in [0.717, 1.165) is 22.5 Å². The van der Waals surface area contributed by atoms with E-state index in [1.165, 1.54) is 0 Å². The Morgan fingerprint density at radius 1 is 1.17 bits per heavy atom. The van der Waals surface area contributed by atoms with Crippen LogP contribution in [0.5, 0.6) is 0 Å². The predicted octanol–water partition coefficient (Wildman–Crippen LogP) is 2.39. The second kappa shape index (κ2) is 5.78. The number of hydrogen-bond acceptors (Lipinski definition) is 3. The van der Waals surface area contributed by atoms with E-state index in [1.807, 2.05) is 32.9 Å². The highest BCUT2D eigenvalue weighted by Crippen LogP contribution is 2.45. The maximum Gasteiger partial charge on any atom is 0.311 e. The number of carboxylic acid groups (broad SMARTS) is 1. The number of aliphatic carboxylic acids is 1. The van der Waals surface area contributed by atoms with Crippen LogP contribution in [-0.2, 0) is 4.79 Å². The molecule has 1 aromatic carbocycles. The zero-order chi connectivity index (χ0) is 17.5. The Bertz CT molecular complexity index is 799. The van der Waals surface area contributed by atoms with Gasteiger partial charge in [-0.25, -0.2) is 4.68 Å². The van der Waals surface area contributed by atoms with Crippen LogP contribution in [0, 0.1) is 26.2 Å². The minimum Gasteiger partial charge on any atom is -0.481 e. The van der Waals surface area contributed by atoms with Crippen LogP contribution in [0.4, 0.5) is 0 Å². The van der Waals surface area contributed by atoms with E-state index in [2.05, 4.69) is 16.5 Å². The summed E-state index contributed by atoms with van der Waals surface area (Å²) in [4.78, 5) is 23.5. The van der Waals surface area contributed by atoms with Gasteiger partial charge in [0.25, 0.3) is 5.91 Å². The molecule has 0 bridgehead atoms. The van der Waals surface area contributed by atoms with E-state index in [9.17, 15) is 9.59 Å². The fourth-order valence-corrected chi connectivity index (χ4v) is 2.88. The van der Waals surface area contributed by atoms with Crippen LogP contribution in [0.1, 0.15) is 40.2 Å². The third-order valence-electron chi connectivity index (χ3n) is 4.47. The summed E-state index contributed by atoms with van der Waals surface area (Å²) in [6.45, 7) is 6.07. The first-order valence-electron chi connectivity index (χ1n) is 7.98. The minimum absolute atomic E-state index is 0.149. The molecule has 1 fully saturated rings. The van der Waals surface area contributed by atoms with Crippen molar-refractivity contribution >= 4 is 11.9 Å². The summed E-state index contributed by atoms with van der Waals surface area (Å²) in [5, 5.41) is 16.3. The molecule has 24 heavy (non-hydrogen) atoms. The molecule has 3 rings (SSSR count). The average molecular weight is 327 g/mol. The van der Waals surface area contributed by atoms with Crippen molar-refractivity contribution < 1.29 is 14.7 Å². The summed E-state index contributed by atoms with van der Waals surface area (Å²) in [5.41, 5.74) is 3.54. The molecule has 126 valence electrons. The molecule has 1 aromatic heterocycles. The van der Waals surface area contributed by atoms with Crippen LogP contribution in [0.3, 0.4) is 0 Å². The molecule has 0 unspecified atom stereocenters. The Balaban J connectivity index is 1.78. The van der Waals surface area contributed by atoms with E-state index in [1.54, 1.807) is 10.7 Å². The number of carbonyl (C=O) groups excluding carboxylic acids is 1. The molecule has 0 atom stereocenters. The van der Waals surface area contributed by atoms with E-state index in [-0.39, 0.29) is 12.5 Å². The molecule has 1 amide bonds. The Morgan fingerprint density at radius 2 is 1.79 bits per heavy atom. The van der Waals surface area contributed by atoms with Crippen LogP contribution in [-0.4, -0.2) is 33.3 Å². The summed E-state index contributed by atoms with van der Waals surface area (Å²) in [5.74, 6) is -1.19. The van der Waals surface area contributed by atoms with Gasteiger partial charge in [-0.05, 0) is 62.9 Å². The summed E-state index contributed by atoms with van der Waals surface area (Å²) in [6, 6.07) is 7.82. The molecular weight excluding hydrogens is 306 g/mol. The number of aromatic nitrogens is 2. The number of benzene rings is 1. The Hall–Kier alpha value is -2.63. The van der Waals surface area contributed by atoms with Crippen molar-refractivity contribution in [2.24, 2.45) is 5.41 Å². The van der Waals surface area contributed by atoms with Gasteiger partial charge in [0.2, 0.25) is 0 Å². The molecule has 0 aliphatic heterocycles. The van der Waals surface area contributed by atoms with Gasteiger partial charge in [-0.15, -0.1) is 0 Å². The molecule has 2 N–H and O–H groups in total. The van der Waals surface area contributed by atoms with Crippen LogP contribution >= 0.6 is 0 Å². The second-order valence-corrected chi connectivity index (χ2v) is 6.70. The van der Waals surface area contributed by atoms with Crippen molar-refractivity contribution in [3.63, 3.8) is 0 Å². The minimum atomic E-state index is -0.847. The lowest BCUT2D eigenvalue weighted by Gasteiger charge is -2.10. The highest BCUT2D eigenvalue weighted by Gasteiger charge is 2.50. The van der Waals surface area contributed by atoms with Gasteiger partial charge in [-0.2, -0.15) is 5.10 Å². The van der Waals surface area contributed by atoms with Crippen LogP contribution < -0.4 is 5.32 Å². The monoisotopic (exact) mass is 327 g/mol. The molecule has 0 saturated heterocycles. The largest absolute Gasteiger partial charge is 0.481 e. The van der Waals surface area contributed by atoms with Gasteiger partial charge in [0.1, 0.15) is 0 Å². The molecule has 1 saturated carbocycles. The predicted molar refractivity (Wildman–Crippen MR) is 89.4 cm³/mol. The van der Waals surface area contributed by atoms with Gasteiger partial charge in [0.05, 0.1) is 11.1 Å². The summed E-state index contributed by atoms with van der Waals surface area (Å²) >= 11 is 0. The van der Waals surface area contributed by atoms with Crippen LogP contribution in [0.2, 0.25) is 0 Å². The van der Waals surface area contributed by atoms with Crippen molar-refractivity contribution in [1.29, 1.82) is 0 Å². The zero-order valence-electron chi connectivity index (χ0n) is 14.1. The van der Waals surface area contributed by atoms with Crippen molar-refractivity contribution in [3.8, 4) is 5.69 Å². The SMILES string of the molecule is Cc1cc(C)cc(-n2nc(C(=O)NCC3(C(=O)O)CC3)cc2C)c1. The topological polar surface area (TPSA) is 84.2 Å². The highest BCUT2D eigenvalue weighted by molar-refractivity contribution is 5.93. The van der Waals surface area contributed by atoms with E-state index in [4.69, 9.17) is 5.11 Å². The number of hydrogen-bond donors (Lipinski definition) is 2. The van der Waals surface area contributed by atoms with Crippen LogP contribution in [0.25, 0.3) is 5.69 Å². The quantitative estimate of drug-likeness (QED) is 0.883. The molecular formula is C18H21N3O3. The lowest BCUT2D eigenvalue weighted by Crippen LogP contribution is -2.34. The van der Waals surface area contributed by atoms with Crippen molar-refractivity contribution in [2.75, 3.05) is 6.54 Å². The average Bonchev–Trinajstić information content (AvgIpc) is 3.20. The van der Waals surface area contributed by atoms with Gasteiger partial charge >= 0.3 is 5.97 Å². The van der Waals surface area contributed by atoms with E-state index >= 15 is 0 Å². The number of amides is 1. The van der Waals surface area contributed by atoms with Crippen molar-refractivity contribution in [2.45, 2.75) is 33.6 Å². The maximum absolute atomic E-state index is 12.3. The van der Waals surface area contributed by atoms with Crippen LogP contribution in [0.15, 0.2) is 24.3 Å². The molecule has 6 nitrogen and oxygen atoms in total. The van der Waals surface area contributed by atoms with Gasteiger partial charge in [-0.3, -0.25) is 9.59 Å². The molecule has 1 heterocycles. The molecule has 0 spiro atoms. The van der Waals surface area contributed by atoms with Crippen molar-refractivity contribution in [1.82, 2.24) is 15.1 Å². The molecule has 1 aliphatic carbocycles. The normalized spacial score (nSPS) is 15.1. The number of carboxylic acids is 1. The number of nitrogens with zero attached hydrogens (tertiary/aromatic N) is 2. The maximum atomic E-state index is 12.3. The number of nitrogens with one attached hydrogen (secondary N) is 1. The Labute approximate surface area is 140 Å². The molecule has 2 aromatic rings. The molecule has 0 radical (unpaired) electrons. The first-order valence-corrected chi connectivity index (χ1v) is 7.98. The number of aryl methyl sites for hydroxylation is 3. The lowest BCUT2D eigenvalue weighted by atomic mass is 10.1. The van der Waals surface area contributed by atoms with E-state index in [0.29, 0.717) is 18.5 Å². The van der Waals surface area contributed by atoms with E-state index < -0.39 is 11.4 Å². The Kier molecular flexibility index (Phi) is 3.91. The number of rotatable bonds is 5. The first kappa shape index (κ1) is 16.2. The van der Waals surface area contributed by atoms with Gasteiger partial charge in [0, 0.05) is 12.2 Å². The smallest absolute Gasteiger partial charge is 0.311 e. The Morgan fingerprint density at radius 3 is 2.33 bits per heavy atom. The summed E-state index contributed by atoms with van der Waals surface area (Å²) in [7, 11) is 0. The third-order valence-corrected chi connectivity index (χ3v) is 4.47. The standard InChI is InChI=1S/C18H21N3O3/c1-11-6-12(2)8-14(7-11)21-13(3)9-15(20-21)16(22)19-10-18(4-5-18)17(23)24/h6-9H,4-5,10H2,1-3H3,(H,19,22)(H,23,24). The third kappa shape index (κ3) is 3.04. The van der Waals surface area contributed by atoms with Crippen molar-refractivity contribution in [3.05, 3.63) is 46.8 Å². The zero-order valence-corrected chi connectivity index (χ0v) is 14.1. The fourth-order valence-electron chi connectivity index (χ4n) is 2.88. The lowest BCUT2D eigenvalue weighted by molar-refractivity contribution is -0.143. The first-order chi connectivity index (χ1) is 11.3. The molecule has 1 aliphatic rings.